The Morgan fingerprint density at radius 1 is 1.42 bits per heavy atom. The van der Waals surface area contributed by atoms with Crippen molar-refractivity contribution < 1.29 is 9.84 Å². The number of aliphatic hydroxyl groups is 1. The van der Waals surface area contributed by atoms with Crippen LogP contribution in [0.5, 0.6) is 5.75 Å². The van der Waals surface area contributed by atoms with Gasteiger partial charge in [-0.05, 0) is 31.9 Å². The van der Waals surface area contributed by atoms with Crippen LogP contribution in [0.4, 0.5) is 5.69 Å². The van der Waals surface area contributed by atoms with E-state index in [1.807, 2.05) is 30.6 Å². The zero-order valence-corrected chi connectivity index (χ0v) is 15.7. The van der Waals surface area contributed by atoms with E-state index in [1.54, 1.807) is 11.3 Å². The maximum absolute atomic E-state index is 9.18. The topological polar surface area (TPSA) is 54.7 Å². The first-order valence-electron chi connectivity index (χ1n) is 8.37. The number of nitrogens with zero attached hydrogens (tertiary/aromatic N) is 2. The van der Waals surface area contributed by atoms with Crippen LogP contribution in [-0.4, -0.2) is 29.0 Å². The molecule has 1 atom stereocenters. The molecule has 1 aromatic heterocycles. The summed E-state index contributed by atoms with van der Waals surface area (Å²) in [6.45, 7) is 8.85. The van der Waals surface area contributed by atoms with E-state index < -0.39 is 0 Å². The fraction of sp³-hybridized carbons (Fsp3) is 0.474. The molecule has 1 N–H and O–H groups in total. The lowest BCUT2D eigenvalue weighted by atomic mass is 10.1. The van der Waals surface area contributed by atoms with E-state index in [4.69, 9.17) is 9.73 Å². The fourth-order valence-corrected chi connectivity index (χ4v) is 3.08. The van der Waals surface area contributed by atoms with Gasteiger partial charge in [0.1, 0.15) is 10.8 Å². The molecule has 5 heteroatoms. The predicted octanol–water partition coefficient (Wildman–Crippen LogP) is 5.02. The quantitative estimate of drug-likeness (QED) is 0.683. The van der Waals surface area contributed by atoms with E-state index in [2.05, 4.69) is 25.8 Å². The van der Waals surface area contributed by atoms with Gasteiger partial charge in [0.2, 0.25) is 0 Å². The number of hydrogen-bond acceptors (Lipinski definition) is 5. The van der Waals surface area contributed by atoms with Gasteiger partial charge in [0.25, 0.3) is 0 Å². The first kappa shape index (κ1) is 18.6. The molecule has 0 saturated heterocycles. The maximum atomic E-state index is 9.18. The summed E-state index contributed by atoms with van der Waals surface area (Å²) in [7, 11) is 0. The van der Waals surface area contributed by atoms with Crippen molar-refractivity contribution in [3.8, 4) is 16.3 Å². The van der Waals surface area contributed by atoms with Gasteiger partial charge in [0, 0.05) is 41.4 Å². The number of aliphatic imine (C=N–C) groups is 1. The zero-order chi connectivity index (χ0) is 17.5. The second-order valence-corrected chi connectivity index (χ2v) is 7.04. The van der Waals surface area contributed by atoms with Crippen molar-refractivity contribution in [2.24, 2.45) is 10.9 Å². The van der Waals surface area contributed by atoms with E-state index >= 15 is 0 Å². The van der Waals surface area contributed by atoms with Crippen LogP contribution in [0.1, 0.15) is 39.2 Å². The predicted molar refractivity (Wildman–Crippen MR) is 102 cm³/mol. The molecule has 0 fully saturated rings. The molecule has 130 valence electrons. The largest absolute Gasteiger partial charge is 0.493 e. The Morgan fingerprint density at radius 3 is 2.83 bits per heavy atom. The van der Waals surface area contributed by atoms with E-state index in [9.17, 15) is 5.11 Å². The molecule has 1 heterocycles. The average Bonchev–Trinajstić information content (AvgIpc) is 3.09. The summed E-state index contributed by atoms with van der Waals surface area (Å²) >= 11 is 1.61. The molecule has 4 nitrogen and oxygen atoms in total. The van der Waals surface area contributed by atoms with E-state index in [1.165, 1.54) is 0 Å². The smallest absolute Gasteiger partial charge is 0.123 e. The minimum atomic E-state index is 0.100. The molecule has 0 amide bonds. The molecule has 2 aromatic rings. The summed E-state index contributed by atoms with van der Waals surface area (Å²) < 4.78 is 5.88. The zero-order valence-electron chi connectivity index (χ0n) is 14.9. The van der Waals surface area contributed by atoms with Crippen LogP contribution in [0.15, 0.2) is 28.7 Å². The van der Waals surface area contributed by atoms with Crippen molar-refractivity contribution in [2.75, 3.05) is 13.2 Å². The van der Waals surface area contributed by atoms with Crippen molar-refractivity contribution in [2.45, 2.75) is 40.5 Å². The van der Waals surface area contributed by atoms with Crippen LogP contribution < -0.4 is 4.74 Å². The van der Waals surface area contributed by atoms with Crippen LogP contribution in [0.25, 0.3) is 10.6 Å². The molecule has 1 unspecified atom stereocenters. The summed E-state index contributed by atoms with van der Waals surface area (Å²) in [5, 5.41) is 12.1. The summed E-state index contributed by atoms with van der Waals surface area (Å²) in [6.07, 6.45) is 3.88. The molecule has 0 aliphatic heterocycles. The number of thiazole rings is 1. The van der Waals surface area contributed by atoms with Crippen molar-refractivity contribution in [3.05, 3.63) is 29.3 Å². The maximum Gasteiger partial charge on any atom is 0.123 e. The van der Waals surface area contributed by atoms with Gasteiger partial charge in [-0.15, -0.1) is 11.3 Å². The molecular formula is C19H26N2O2S. The third-order valence-corrected chi connectivity index (χ3v) is 4.59. The van der Waals surface area contributed by atoms with Gasteiger partial charge in [0.05, 0.1) is 12.3 Å². The molecule has 0 saturated carbocycles. The van der Waals surface area contributed by atoms with Gasteiger partial charge in [-0.25, -0.2) is 4.98 Å². The van der Waals surface area contributed by atoms with Crippen molar-refractivity contribution in [1.82, 2.24) is 4.98 Å². The van der Waals surface area contributed by atoms with Crippen LogP contribution in [0, 0.1) is 12.8 Å². The second-order valence-electron chi connectivity index (χ2n) is 6.15. The Labute approximate surface area is 148 Å². The van der Waals surface area contributed by atoms with E-state index in [0.717, 1.165) is 46.1 Å². The third-order valence-electron chi connectivity index (χ3n) is 3.79. The van der Waals surface area contributed by atoms with Gasteiger partial charge < -0.3 is 9.84 Å². The normalized spacial score (nSPS) is 13.1. The summed E-state index contributed by atoms with van der Waals surface area (Å²) in [4.78, 5) is 9.22. The van der Waals surface area contributed by atoms with Crippen molar-refractivity contribution in [1.29, 1.82) is 0 Å². The molecule has 0 aliphatic carbocycles. The molecule has 2 rings (SSSR count). The highest BCUT2D eigenvalue weighted by molar-refractivity contribution is 7.13. The summed E-state index contributed by atoms with van der Waals surface area (Å²) in [5.41, 5.74) is 4.22. The molecule has 0 aliphatic rings. The van der Waals surface area contributed by atoms with Crippen LogP contribution in [0.3, 0.4) is 0 Å². The minimum absolute atomic E-state index is 0.100. The lowest BCUT2D eigenvalue weighted by molar-refractivity contribution is 0.174. The molecular weight excluding hydrogens is 320 g/mol. The Bertz CT molecular complexity index is 681. The Balaban J connectivity index is 2.41. The number of aromatic nitrogens is 1. The average molecular weight is 346 g/mol. The fourth-order valence-electron chi connectivity index (χ4n) is 2.37. The Morgan fingerprint density at radius 2 is 2.21 bits per heavy atom. The Kier molecular flexibility index (Phi) is 6.94. The third kappa shape index (κ3) is 4.89. The van der Waals surface area contributed by atoms with E-state index in [-0.39, 0.29) is 12.5 Å². The van der Waals surface area contributed by atoms with E-state index in [0.29, 0.717) is 6.61 Å². The summed E-state index contributed by atoms with van der Waals surface area (Å²) in [5.74, 6) is 0.873. The monoisotopic (exact) mass is 346 g/mol. The number of aliphatic hydroxyl groups excluding tert-OH is 1. The summed E-state index contributed by atoms with van der Waals surface area (Å²) in [6, 6.07) is 4.00. The number of hydrogen-bond donors (Lipinski definition) is 1. The highest BCUT2D eigenvalue weighted by atomic mass is 32.1. The lowest BCUT2D eigenvalue weighted by Gasteiger charge is -2.14. The number of ether oxygens (including phenoxy) is 1. The molecule has 1 aromatic carbocycles. The SMILES string of the molecule is CCC/C(C)=N\c1cc(OCC(C)CO)cc(-c2nccs2)c1C. The molecule has 24 heavy (non-hydrogen) atoms. The molecule has 0 spiro atoms. The first-order chi connectivity index (χ1) is 11.5. The Hall–Kier alpha value is -1.72. The van der Waals surface area contributed by atoms with Gasteiger partial charge in [0.15, 0.2) is 0 Å². The second kappa shape index (κ2) is 8.94. The van der Waals surface area contributed by atoms with Crippen molar-refractivity contribution in [3.63, 3.8) is 0 Å². The minimum Gasteiger partial charge on any atom is -0.493 e. The van der Waals surface area contributed by atoms with Gasteiger partial charge >= 0.3 is 0 Å². The highest BCUT2D eigenvalue weighted by Gasteiger charge is 2.13. The number of benzene rings is 1. The molecule has 0 radical (unpaired) electrons. The van der Waals surface area contributed by atoms with Gasteiger partial charge in [-0.2, -0.15) is 0 Å². The van der Waals surface area contributed by atoms with Gasteiger partial charge in [-0.1, -0.05) is 20.3 Å². The standard InChI is InChI=1S/C19H26N2O2S/c1-5-6-14(3)21-18-10-16(23-12-13(2)11-22)9-17(15(18)4)19-20-7-8-24-19/h7-10,13,22H,5-6,11-12H2,1-4H3/b21-14-. The van der Waals surface area contributed by atoms with Gasteiger partial charge in [-0.3, -0.25) is 4.99 Å². The first-order valence-corrected chi connectivity index (χ1v) is 9.25. The van der Waals surface area contributed by atoms with Crippen LogP contribution >= 0.6 is 11.3 Å². The highest BCUT2D eigenvalue weighted by Crippen LogP contribution is 2.36. The van der Waals surface area contributed by atoms with Crippen molar-refractivity contribution >= 4 is 22.7 Å². The molecule has 0 bridgehead atoms. The number of rotatable bonds is 8. The van der Waals surface area contributed by atoms with Crippen LogP contribution in [0.2, 0.25) is 0 Å². The lowest BCUT2D eigenvalue weighted by Crippen LogP contribution is -2.12. The van der Waals surface area contributed by atoms with Crippen LogP contribution in [-0.2, 0) is 0 Å².